The predicted octanol–water partition coefficient (Wildman–Crippen LogP) is 2.19. The van der Waals surface area contributed by atoms with Crippen molar-refractivity contribution in [2.24, 2.45) is 0 Å². The summed E-state index contributed by atoms with van der Waals surface area (Å²) in [6.45, 7) is 1.66. The summed E-state index contributed by atoms with van der Waals surface area (Å²) in [7, 11) is 0. The minimum Gasteiger partial charge on any atom is -0.488 e. The van der Waals surface area contributed by atoms with E-state index in [0.717, 1.165) is 32.4 Å². The van der Waals surface area contributed by atoms with E-state index in [1.165, 1.54) is 18.6 Å². The van der Waals surface area contributed by atoms with Gasteiger partial charge in [0, 0.05) is 25.2 Å². The lowest BCUT2D eigenvalue weighted by Crippen LogP contribution is -2.61. The monoisotopic (exact) mass is 265 g/mol. The molecule has 2 fully saturated rings. The first-order valence-corrected chi connectivity index (χ1v) is 7.07. The Kier molecular flexibility index (Phi) is 3.71. The highest BCUT2D eigenvalue weighted by atomic mass is 19.1. The van der Waals surface area contributed by atoms with Gasteiger partial charge in [-0.15, -0.1) is 0 Å². The maximum Gasteiger partial charge on any atom is 0.126 e. The average Bonchev–Trinajstić information content (AvgIpc) is 2.35. The summed E-state index contributed by atoms with van der Waals surface area (Å²) < 4.78 is 18.8. The molecular formula is C15H20FNO2. The lowest BCUT2D eigenvalue weighted by molar-refractivity contribution is -0.0627. The van der Waals surface area contributed by atoms with Gasteiger partial charge in [-0.2, -0.15) is 0 Å². The summed E-state index contributed by atoms with van der Waals surface area (Å²) in [5, 5.41) is 9.98. The molecule has 0 amide bonds. The van der Waals surface area contributed by atoms with Crippen LogP contribution in [0.1, 0.15) is 25.7 Å². The standard InChI is InChI=1S/C15H20FNO2/c16-11-4-3-5-12(8-11)19-13-9-17(10-13)14-6-1-2-7-15(14)18/h3-5,8,13-15,18H,1-2,6-7,9-10H2/t14-,15-/m0/s1. The molecule has 0 unspecified atom stereocenters. The molecule has 2 atom stereocenters. The van der Waals surface area contributed by atoms with Crippen LogP contribution in [0.15, 0.2) is 24.3 Å². The highest BCUT2D eigenvalue weighted by molar-refractivity contribution is 5.23. The molecule has 4 heteroatoms. The van der Waals surface area contributed by atoms with E-state index in [0.29, 0.717) is 11.8 Å². The number of benzene rings is 1. The smallest absolute Gasteiger partial charge is 0.126 e. The topological polar surface area (TPSA) is 32.7 Å². The van der Waals surface area contributed by atoms with Crippen molar-refractivity contribution in [3.05, 3.63) is 30.1 Å². The maximum absolute atomic E-state index is 13.0. The third-order valence-corrected chi connectivity index (χ3v) is 4.14. The molecule has 0 aromatic heterocycles. The van der Waals surface area contributed by atoms with E-state index in [1.807, 2.05) is 0 Å². The number of ether oxygens (including phenoxy) is 1. The molecule has 2 aliphatic rings. The molecular weight excluding hydrogens is 245 g/mol. The zero-order valence-electron chi connectivity index (χ0n) is 11.0. The van der Waals surface area contributed by atoms with Crippen LogP contribution >= 0.6 is 0 Å². The van der Waals surface area contributed by atoms with Crippen LogP contribution in [0.2, 0.25) is 0 Å². The van der Waals surface area contributed by atoms with Gasteiger partial charge < -0.3 is 9.84 Å². The average molecular weight is 265 g/mol. The van der Waals surface area contributed by atoms with Crippen LogP contribution < -0.4 is 4.74 Å². The minimum atomic E-state index is -0.267. The van der Waals surface area contributed by atoms with Crippen LogP contribution in [0, 0.1) is 5.82 Å². The molecule has 1 aromatic carbocycles. The Labute approximate surface area is 113 Å². The number of hydrogen-bond donors (Lipinski definition) is 1. The fraction of sp³-hybridized carbons (Fsp3) is 0.600. The Morgan fingerprint density at radius 2 is 2.00 bits per heavy atom. The maximum atomic E-state index is 13.0. The van der Waals surface area contributed by atoms with Crippen LogP contribution in [0.25, 0.3) is 0 Å². The molecule has 0 radical (unpaired) electrons. The summed E-state index contributed by atoms with van der Waals surface area (Å²) >= 11 is 0. The third-order valence-electron chi connectivity index (χ3n) is 4.14. The van der Waals surface area contributed by atoms with E-state index < -0.39 is 0 Å². The van der Waals surface area contributed by atoms with E-state index in [2.05, 4.69) is 4.90 Å². The van der Waals surface area contributed by atoms with Crippen molar-refractivity contribution < 1.29 is 14.2 Å². The van der Waals surface area contributed by atoms with Gasteiger partial charge in [0.2, 0.25) is 0 Å². The van der Waals surface area contributed by atoms with Crippen LogP contribution in [0.4, 0.5) is 4.39 Å². The second kappa shape index (κ2) is 5.47. The van der Waals surface area contributed by atoms with Gasteiger partial charge in [0.05, 0.1) is 6.10 Å². The second-order valence-corrected chi connectivity index (χ2v) is 5.57. The molecule has 1 aliphatic carbocycles. The van der Waals surface area contributed by atoms with E-state index in [9.17, 15) is 9.50 Å². The van der Waals surface area contributed by atoms with Gasteiger partial charge >= 0.3 is 0 Å². The Morgan fingerprint density at radius 1 is 1.21 bits per heavy atom. The molecule has 0 spiro atoms. The molecule has 1 heterocycles. The largest absolute Gasteiger partial charge is 0.488 e. The van der Waals surface area contributed by atoms with Crippen LogP contribution in [-0.4, -0.2) is 41.3 Å². The Morgan fingerprint density at radius 3 is 2.74 bits per heavy atom. The molecule has 104 valence electrons. The summed E-state index contributed by atoms with van der Waals surface area (Å²) in [6.07, 6.45) is 4.26. The summed E-state index contributed by atoms with van der Waals surface area (Å²) in [6, 6.07) is 6.56. The molecule has 1 aromatic rings. The molecule has 19 heavy (non-hydrogen) atoms. The Hall–Kier alpha value is -1.13. The quantitative estimate of drug-likeness (QED) is 0.909. The van der Waals surface area contributed by atoms with Gasteiger partial charge in [0.1, 0.15) is 17.7 Å². The van der Waals surface area contributed by atoms with Crippen LogP contribution in [-0.2, 0) is 0 Å². The van der Waals surface area contributed by atoms with E-state index in [1.54, 1.807) is 12.1 Å². The summed E-state index contributed by atoms with van der Waals surface area (Å²) in [4.78, 5) is 2.29. The SMILES string of the molecule is O[C@H]1CCCC[C@@H]1N1CC(Oc2cccc(F)c2)C1. The van der Waals surface area contributed by atoms with Crippen molar-refractivity contribution in [2.75, 3.05) is 13.1 Å². The van der Waals surface area contributed by atoms with Gasteiger partial charge in [-0.25, -0.2) is 4.39 Å². The first kappa shape index (κ1) is 12.9. The normalized spacial score (nSPS) is 28.9. The molecule has 1 saturated heterocycles. The van der Waals surface area contributed by atoms with Crippen molar-refractivity contribution in [2.45, 2.75) is 43.9 Å². The highest BCUT2D eigenvalue weighted by Crippen LogP contribution is 2.28. The Balaban J connectivity index is 1.50. The number of rotatable bonds is 3. The van der Waals surface area contributed by atoms with Gasteiger partial charge in [0.25, 0.3) is 0 Å². The number of nitrogens with zero attached hydrogens (tertiary/aromatic N) is 1. The first-order chi connectivity index (χ1) is 9.22. The van der Waals surface area contributed by atoms with Crippen molar-refractivity contribution in [1.82, 2.24) is 4.90 Å². The van der Waals surface area contributed by atoms with Gasteiger partial charge in [-0.3, -0.25) is 4.90 Å². The first-order valence-electron chi connectivity index (χ1n) is 7.07. The van der Waals surface area contributed by atoms with Gasteiger partial charge in [-0.1, -0.05) is 18.9 Å². The number of aliphatic hydroxyl groups excluding tert-OH is 1. The lowest BCUT2D eigenvalue weighted by Gasteiger charge is -2.46. The lowest BCUT2D eigenvalue weighted by atomic mass is 9.89. The summed E-state index contributed by atoms with van der Waals surface area (Å²) in [5.41, 5.74) is 0. The van der Waals surface area contributed by atoms with Crippen molar-refractivity contribution in [1.29, 1.82) is 0 Å². The predicted molar refractivity (Wildman–Crippen MR) is 70.7 cm³/mol. The van der Waals surface area contributed by atoms with E-state index >= 15 is 0 Å². The highest BCUT2D eigenvalue weighted by Gasteiger charge is 2.37. The minimum absolute atomic E-state index is 0.121. The molecule has 1 saturated carbocycles. The van der Waals surface area contributed by atoms with E-state index in [-0.39, 0.29) is 18.0 Å². The number of halogens is 1. The van der Waals surface area contributed by atoms with Crippen molar-refractivity contribution in [3.63, 3.8) is 0 Å². The molecule has 0 bridgehead atoms. The third kappa shape index (κ3) is 2.90. The molecule has 3 nitrogen and oxygen atoms in total. The fourth-order valence-corrected chi connectivity index (χ4v) is 3.07. The zero-order chi connectivity index (χ0) is 13.2. The van der Waals surface area contributed by atoms with Crippen LogP contribution in [0.3, 0.4) is 0 Å². The number of hydrogen-bond acceptors (Lipinski definition) is 3. The van der Waals surface area contributed by atoms with E-state index in [4.69, 9.17) is 4.74 Å². The number of aliphatic hydroxyl groups is 1. The zero-order valence-corrected chi connectivity index (χ0v) is 11.0. The van der Waals surface area contributed by atoms with Crippen LogP contribution in [0.5, 0.6) is 5.75 Å². The van der Waals surface area contributed by atoms with Crippen molar-refractivity contribution in [3.8, 4) is 5.75 Å². The Bertz CT molecular complexity index is 434. The van der Waals surface area contributed by atoms with Gasteiger partial charge in [-0.05, 0) is 25.0 Å². The molecule has 1 aliphatic heterocycles. The van der Waals surface area contributed by atoms with Gasteiger partial charge in [0.15, 0.2) is 0 Å². The van der Waals surface area contributed by atoms with Crippen molar-refractivity contribution >= 4 is 0 Å². The second-order valence-electron chi connectivity index (χ2n) is 5.57. The summed E-state index contributed by atoms with van der Waals surface area (Å²) in [5.74, 6) is 0.324. The molecule has 3 rings (SSSR count). The number of likely N-dealkylation sites (tertiary alicyclic amines) is 1. The molecule has 1 N–H and O–H groups in total. The fourth-order valence-electron chi connectivity index (χ4n) is 3.07.